The van der Waals surface area contributed by atoms with Crippen molar-refractivity contribution in [1.82, 2.24) is 14.9 Å². The van der Waals surface area contributed by atoms with E-state index in [-0.39, 0.29) is 5.91 Å². The van der Waals surface area contributed by atoms with Crippen LogP contribution in [0.25, 0.3) is 0 Å². The molecule has 4 nitrogen and oxygen atoms in total. The highest BCUT2D eigenvalue weighted by atomic mass is 35.5. The fourth-order valence-corrected chi connectivity index (χ4v) is 1.93. The molecule has 0 radical (unpaired) electrons. The van der Waals surface area contributed by atoms with E-state index in [0.29, 0.717) is 23.7 Å². The summed E-state index contributed by atoms with van der Waals surface area (Å²) in [4.78, 5) is 22.0. The molecule has 2 aromatic heterocycles. The predicted octanol–water partition coefficient (Wildman–Crippen LogP) is 2.79. The van der Waals surface area contributed by atoms with Crippen molar-refractivity contribution in [3.8, 4) is 0 Å². The molecule has 0 aliphatic rings. The molecule has 0 aliphatic heterocycles. The van der Waals surface area contributed by atoms with Gasteiger partial charge < -0.3 is 4.90 Å². The maximum Gasteiger partial charge on any atom is 0.257 e. The molecule has 0 saturated carbocycles. The van der Waals surface area contributed by atoms with E-state index in [0.717, 1.165) is 5.56 Å². The zero-order valence-corrected chi connectivity index (χ0v) is 11.3. The Bertz CT molecular complexity index is 560. The molecule has 0 bridgehead atoms. The number of rotatable bonds is 4. The van der Waals surface area contributed by atoms with Crippen LogP contribution in [0.15, 0.2) is 43.0 Å². The number of carbonyl (C=O) groups is 1. The van der Waals surface area contributed by atoms with Crippen LogP contribution in [0.2, 0.25) is 5.02 Å². The summed E-state index contributed by atoms with van der Waals surface area (Å²) < 4.78 is 0. The molecule has 0 N–H and O–H groups in total. The fraction of sp³-hybridized carbons (Fsp3) is 0.214. The number of hydrogen-bond donors (Lipinski definition) is 0. The first-order chi connectivity index (χ1) is 9.22. The monoisotopic (exact) mass is 275 g/mol. The molecule has 0 saturated heterocycles. The number of halogens is 1. The number of pyridine rings is 2. The number of aromatic nitrogens is 2. The van der Waals surface area contributed by atoms with Gasteiger partial charge in [0.05, 0.1) is 10.6 Å². The molecular formula is C14H14ClN3O. The summed E-state index contributed by atoms with van der Waals surface area (Å²) in [6.45, 7) is 3.07. The van der Waals surface area contributed by atoms with Gasteiger partial charge in [0, 0.05) is 37.9 Å². The lowest BCUT2D eigenvalue weighted by Crippen LogP contribution is -2.30. The normalized spacial score (nSPS) is 10.2. The summed E-state index contributed by atoms with van der Waals surface area (Å²) in [7, 11) is 0. The van der Waals surface area contributed by atoms with E-state index in [1.807, 2.05) is 19.1 Å². The molecule has 0 aliphatic carbocycles. The molecular weight excluding hydrogens is 262 g/mol. The molecule has 1 amide bonds. The zero-order chi connectivity index (χ0) is 13.7. The molecule has 98 valence electrons. The van der Waals surface area contributed by atoms with Crippen molar-refractivity contribution in [1.29, 1.82) is 0 Å². The topological polar surface area (TPSA) is 46.1 Å². The van der Waals surface area contributed by atoms with Crippen molar-refractivity contribution in [3.63, 3.8) is 0 Å². The highest BCUT2D eigenvalue weighted by molar-refractivity contribution is 6.33. The molecule has 19 heavy (non-hydrogen) atoms. The summed E-state index contributed by atoms with van der Waals surface area (Å²) in [5.74, 6) is -0.114. The van der Waals surface area contributed by atoms with Crippen LogP contribution in [0.1, 0.15) is 22.8 Å². The Morgan fingerprint density at radius 2 is 1.89 bits per heavy atom. The molecule has 2 heterocycles. The fourth-order valence-electron chi connectivity index (χ4n) is 1.74. The van der Waals surface area contributed by atoms with E-state index in [1.54, 1.807) is 29.6 Å². The van der Waals surface area contributed by atoms with Crippen LogP contribution in [0.5, 0.6) is 0 Å². The number of nitrogens with zero attached hydrogens (tertiary/aromatic N) is 3. The lowest BCUT2D eigenvalue weighted by atomic mass is 10.2. The van der Waals surface area contributed by atoms with Gasteiger partial charge in [-0.2, -0.15) is 0 Å². The van der Waals surface area contributed by atoms with Crippen LogP contribution in [-0.2, 0) is 6.54 Å². The summed E-state index contributed by atoms with van der Waals surface area (Å²) in [5, 5.41) is 0.424. The van der Waals surface area contributed by atoms with Crippen molar-refractivity contribution in [2.45, 2.75) is 13.5 Å². The Morgan fingerprint density at radius 1 is 1.21 bits per heavy atom. The number of amides is 1. The third-order valence-electron chi connectivity index (χ3n) is 2.79. The lowest BCUT2D eigenvalue weighted by Gasteiger charge is -2.21. The Morgan fingerprint density at radius 3 is 2.53 bits per heavy atom. The van der Waals surface area contributed by atoms with Gasteiger partial charge in [-0.25, -0.2) is 0 Å². The third-order valence-corrected chi connectivity index (χ3v) is 3.12. The Kier molecular flexibility index (Phi) is 4.47. The maximum atomic E-state index is 12.4. The van der Waals surface area contributed by atoms with Crippen molar-refractivity contribution in [2.24, 2.45) is 0 Å². The molecule has 0 unspecified atom stereocenters. The van der Waals surface area contributed by atoms with Crippen LogP contribution in [0.4, 0.5) is 0 Å². The first-order valence-electron chi connectivity index (χ1n) is 6.00. The summed E-state index contributed by atoms with van der Waals surface area (Å²) in [6.07, 6.45) is 6.49. The largest absolute Gasteiger partial charge is 0.335 e. The minimum Gasteiger partial charge on any atom is -0.335 e. The van der Waals surface area contributed by atoms with Gasteiger partial charge in [-0.05, 0) is 30.7 Å². The summed E-state index contributed by atoms with van der Waals surface area (Å²) in [5.41, 5.74) is 1.46. The highest BCUT2D eigenvalue weighted by Crippen LogP contribution is 2.17. The van der Waals surface area contributed by atoms with E-state index in [2.05, 4.69) is 9.97 Å². The van der Waals surface area contributed by atoms with Crippen LogP contribution in [0, 0.1) is 0 Å². The van der Waals surface area contributed by atoms with E-state index in [1.165, 1.54) is 6.20 Å². The zero-order valence-electron chi connectivity index (χ0n) is 10.6. The standard InChI is InChI=1S/C14H14ClN3O/c1-2-18(10-11-3-6-16-7-4-11)14(19)12-9-17-8-5-13(12)15/h3-9H,2,10H2,1H3. The molecule has 2 aromatic rings. The van der Waals surface area contributed by atoms with Crippen molar-refractivity contribution >= 4 is 17.5 Å². The van der Waals surface area contributed by atoms with Crippen molar-refractivity contribution in [3.05, 3.63) is 59.1 Å². The molecule has 5 heteroatoms. The maximum absolute atomic E-state index is 12.4. The van der Waals surface area contributed by atoms with Gasteiger partial charge in [-0.3, -0.25) is 14.8 Å². The first-order valence-corrected chi connectivity index (χ1v) is 6.38. The smallest absolute Gasteiger partial charge is 0.257 e. The van der Waals surface area contributed by atoms with Gasteiger partial charge in [0.2, 0.25) is 0 Å². The van der Waals surface area contributed by atoms with E-state index in [9.17, 15) is 4.79 Å². The Labute approximate surface area is 117 Å². The summed E-state index contributed by atoms with van der Waals surface area (Å²) in [6, 6.07) is 5.40. The second-order valence-electron chi connectivity index (χ2n) is 4.03. The van der Waals surface area contributed by atoms with Gasteiger partial charge in [0.15, 0.2) is 0 Å². The molecule has 0 fully saturated rings. The van der Waals surface area contributed by atoms with Gasteiger partial charge in [-0.15, -0.1) is 0 Å². The molecule has 0 aromatic carbocycles. The van der Waals surface area contributed by atoms with Crippen LogP contribution in [-0.4, -0.2) is 27.3 Å². The van der Waals surface area contributed by atoms with E-state index >= 15 is 0 Å². The van der Waals surface area contributed by atoms with E-state index < -0.39 is 0 Å². The third kappa shape index (κ3) is 3.29. The second kappa shape index (κ2) is 6.29. The van der Waals surface area contributed by atoms with Crippen LogP contribution >= 0.6 is 11.6 Å². The minimum absolute atomic E-state index is 0.114. The predicted molar refractivity (Wildman–Crippen MR) is 73.9 cm³/mol. The summed E-state index contributed by atoms with van der Waals surface area (Å²) >= 11 is 6.03. The first kappa shape index (κ1) is 13.5. The minimum atomic E-state index is -0.114. The van der Waals surface area contributed by atoms with Gasteiger partial charge in [0.25, 0.3) is 5.91 Å². The number of carbonyl (C=O) groups excluding carboxylic acids is 1. The number of hydrogen-bond acceptors (Lipinski definition) is 3. The van der Waals surface area contributed by atoms with Gasteiger partial charge in [0.1, 0.15) is 0 Å². The molecule has 0 spiro atoms. The average molecular weight is 276 g/mol. The van der Waals surface area contributed by atoms with Gasteiger partial charge in [-0.1, -0.05) is 11.6 Å². The average Bonchev–Trinajstić information content (AvgIpc) is 2.46. The Hall–Kier alpha value is -1.94. The quantitative estimate of drug-likeness (QED) is 0.862. The van der Waals surface area contributed by atoms with Gasteiger partial charge >= 0.3 is 0 Å². The van der Waals surface area contributed by atoms with Crippen LogP contribution in [0.3, 0.4) is 0 Å². The SMILES string of the molecule is CCN(Cc1ccncc1)C(=O)c1cnccc1Cl. The van der Waals surface area contributed by atoms with Crippen molar-refractivity contribution < 1.29 is 4.79 Å². The Balaban J connectivity index is 2.18. The molecule has 2 rings (SSSR count). The molecule has 0 atom stereocenters. The second-order valence-corrected chi connectivity index (χ2v) is 4.44. The van der Waals surface area contributed by atoms with E-state index in [4.69, 9.17) is 11.6 Å². The van der Waals surface area contributed by atoms with Crippen molar-refractivity contribution in [2.75, 3.05) is 6.54 Å². The lowest BCUT2D eigenvalue weighted by molar-refractivity contribution is 0.0752. The van der Waals surface area contributed by atoms with Crippen LogP contribution < -0.4 is 0 Å². The highest BCUT2D eigenvalue weighted by Gasteiger charge is 2.17.